The highest BCUT2D eigenvalue weighted by molar-refractivity contribution is 5.01. The molecule has 0 aromatic carbocycles. The van der Waals surface area contributed by atoms with Gasteiger partial charge in [-0.3, -0.25) is 4.90 Å². The Hall–Kier alpha value is -0.120. The minimum Gasteiger partial charge on any atom is -0.375 e. The number of nitrogens with two attached hydrogens (primary N) is 1. The van der Waals surface area contributed by atoms with E-state index < -0.39 is 0 Å². The quantitative estimate of drug-likeness (QED) is 0.808. The monoisotopic (exact) mass is 280 g/mol. The number of rotatable bonds is 3. The lowest BCUT2D eigenvalue weighted by atomic mass is 9.85. The Bertz CT molecular complexity index is 322. The Labute approximate surface area is 124 Å². The van der Waals surface area contributed by atoms with Crippen LogP contribution in [0.3, 0.4) is 0 Å². The zero-order valence-corrected chi connectivity index (χ0v) is 13.2. The van der Waals surface area contributed by atoms with Gasteiger partial charge >= 0.3 is 0 Å². The molecule has 0 aromatic heterocycles. The Balaban J connectivity index is 1.76. The largest absolute Gasteiger partial charge is 0.375 e. The molecule has 116 valence electrons. The van der Waals surface area contributed by atoms with E-state index in [0.29, 0.717) is 12.1 Å². The van der Waals surface area contributed by atoms with Crippen molar-refractivity contribution in [2.45, 2.75) is 82.4 Å². The van der Waals surface area contributed by atoms with Gasteiger partial charge in [-0.2, -0.15) is 0 Å². The summed E-state index contributed by atoms with van der Waals surface area (Å²) >= 11 is 0. The molecule has 2 aliphatic carbocycles. The summed E-state index contributed by atoms with van der Waals surface area (Å²) in [5, 5.41) is 0. The molecule has 2 saturated carbocycles. The predicted molar refractivity (Wildman–Crippen MR) is 82.7 cm³/mol. The van der Waals surface area contributed by atoms with Crippen LogP contribution in [0.15, 0.2) is 0 Å². The second-order valence-electron chi connectivity index (χ2n) is 7.23. The van der Waals surface area contributed by atoms with Crippen molar-refractivity contribution >= 4 is 0 Å². The van der Waals surface area contributed by atoms with Crippen LogP contribution >= 0.6 is 0 Å². The van der Waals surface area contributed by atoms with Crippen LogP contribution in [0.1, 0.15) is 64.7 Å². The Morgan fingerprint density at radius 3 is 2.85 bits per heavy atom. The lowest BCUT2D eigenvalue weighted by Gasteiger charge is -2.50. The lowest BCUT2D eigenvalue weighted by molar-refractivity contribution is -0.101. The van der Waals surface area contributed by atoms with Crippen LogP contribution in [0.5, 0.6) is 0 Å². The number of hydrogen-bond acceptors (Lipinski definition) is 3. The van der Waals surface area contributed by atoms with Crippen molar-refractivity contribution in [3.8, 4) is 0 Å². The normalized spacial score (nSPS) is 43.2. The zero-order chi connectivity index (χ0) is 14.0. The van der Waals surface area contributed by atoms with Crippen LogP contribution < -0.4 is 5.73 Å². The molecule has 2 N–H and O–H groups in total. The molecule has 0 spiro atoms. The number of nitrogens with zero attached hydrogens (tertiary/aromatic N) is 1. The fourth-order valence-electron chi connectivity index (χ4n) is 4.99. The molecule has 3 heteroatoms. The minimum absolute atomic E-state index is 0.279. The standard InChI is InChI=1S/C17H32N2O/c1-2-14-5-4-9-17(13-18,10-8-14)19-11-12-20-16-7-3-6-15(16)19/h14-16H,2-13,18H2,1H3. The maximum Gasteiger partial charge on any atom is 0.0731 e. The van der Waals surface area contributed by atoms with Gasteiger partial charge in [-0.25, -0.2) is 0 Å². The molecular formula is C17H32N2O. The summed E-state index contributed by atoms with van der Waals surface area (Å²) in [4.78, 5) is 2.80. The van der Waals surface area contributed by atoms with Gasteiger partial charge in [0.2, 0.25) is 0 Å². The second-order valence-corrected chi connectivity index (χ2v) is 7.23. The van der Waals surface area contributed by atoms with Crippen molar-refractivity contribution < 1.29 is 4.74 Å². The van der Waals surface area contributed by atoms with Crippen molar-refractivity contribution in [3.05, 3.63) is 0 Å². The maximum atomic E-state index is 6.33. The molecule has 1 heterocycles. The molecule has 3 nitrogen and oxygen atoms in total. The first-order chi connectivity index (χ1) is 9.79. The van der Waals surface area contributed by atoms with Gasteiger partial charge in [0.15, 0.2) is 0 Å². The van der Waals surface area contributed by atoms with Crippen LogP contribution in [0, 0.1) is 5.92 Å². The minimum atomic E-state index is 0.279. The third-order valence-electron chi connectivity index (χ3n) is 6.32. The van der Waals surface area contributed by atoms with Gasteiger partial charge in [0.05, 0.1) is 12.7 Å². The molecule has 3 aliphatic rings. The SMILES string of the molecule is CCC1CCCC(CN)(N2CCOC3CCCC32)CC1. The van der Waals surface area contributed by atoms with E-state index >= 15 is 0 Å². The van der Waals surface area contributed by atoms with E-state index in [4.69, 9.17) is 10.5 Å². The summed E-state index contributed by atoms with van der Waals surface area (Å²) in [5.74, 6) is 0.934. The molecule has 0 bridgehead atoms. The third kappa shape index (κ3) is 2.65. The molecule has 1 saturated heterocycles. The summed E-state index contributed by atoms with van der Waals surface area (Å²) in [5.41, 5.74) is 6.60. The van der Waals surface area contributed by atoms with Crippen LogP contribution in [0.25, 0.3) is 0 Å². The first-order valence-corrected chi connectivity index (χ1v) is 8.87. The van der Waals surface area contributed by atoms with Crippen molar-refractivity contribution in [3.63, 3.8) is 0 Å². The van der Waals surface area contributed by atoms with Crippen LogP contribution in [0.4, 0.5) is 0 Å². The summed E-state index contributed by atoms with van der Waals surface area (Å²) in [6, 6.07) is 0.658. The Kier molecular flexibility index (Phi) is 4.68. The predicted octanol–water partition coefficient (Wildman–Crippen LogP) is 2.93. The molecule has 4 unspecified atom stereocenters. The number of morpholine rings is 1. The van der Waals surface area contributed by atoms with Gasteiger partial charge in [-0.15, -0.1) is 0 Å². The summed E-state index contributed by atoms with van der Waals surface area (Å²) < 4.78 is 6.00. The van der Waals surface area contributed by atoms with E-state index in [1.165, 1.54) is 57.8 Å². The molecular weight excluding hydrogens is 248 g/mol. The number of fused-ring (bicyclic) bond motifs is 1. The van der Waals surface area contributed by atoms with Crippen molar-refractivity contribution in [2.75, 3.05) is 19.7 Å². The van der Waals surface area contributed by atoms with Crippen LogP contribution in [-0.4, -0.2) is 42.3 Å². The molecule has 3 fully saturated rings. The number of hydrogen-bond donors (Lipinski definition) is 1. The van der Waals surface area contributed by atoms with Crippen molar-refractivity contribution in [2.24, 2.45) is 11.7 Å². The fraction of sp³-hybridized carbons (Fsp3) is 1.00. The highest BCUT2D eigenvalue weighted by atomic mass is 16.5. The topological polar surface area (TPSA) is 38.5 Å². The van der Waals surface area contributed by atoms with Crippen molar-refractivity contribution in [1.82, 2.24) is 4.90 Å². The smallest absolute Gasteiger partial charge is 0.0731 e. The van der Waals surface area contributed by atoms with E-state index in [1.54, 1.807) is 0 Å². The van der Waals surface area contributed by atoms with Gasteiger partial charge < -0.3 is 10.5 Å². The van der Waals surface area contributed by atoms with E-state index in [2.05, 4.69) is 11.8 Å². The van der Waals surface area contributed by atoms with Crippen molar-refractivity contribution in [1.29, 1.82) is 0 Å². The molecule has 3 rings (SSSR count). The molecule has 20 heavy (non-hydrogen) atoms. The molecule has 1 aliphatic heterocycles. The van der Waals surface area contributed by atoms with Gasteiger partial charge in [-0.1, -0.05) is 26.2 Å². The molecule has 0 radical (unpaired) electrons. The zero-order valence-electron chi connectivity index (χ0n) is 13.2. The van der Waals surface area contributed by atoms with Crippen LogP contribution in [-0.2, 0) is 4.74 Å². The van der Waals surface area contributed by atoms with Gasteiger partial charge in [0, 0.05) is 24.7 Å². The summed E-state index contributed by atoms with van der Waals surface area (Å²) in [6.07, 6.45) is 12.5. The highest BCUT2D eigenvalue weighted by Gasteiger charge is 2.46. The Morgan fingerprint density at radius 2 is 2.05 bits per heavy atom. The lowest BCUT2D eigenvalue weighted by Crippen LogP contribution is -2.62. The van der Waals surface area contributed by atoms with Gasteiger partial charge in [0.25, 0.3) is 0 Å². The average molecular weight is 280 g/mol. The first kappa shape index (κ1) is 14.8. The second kappa shape index (κ2) is 6.33. The van der Waals surface area contributed by atoms with Gasteiger partial charge in [0.1, 0.15) is 0 Å². The van der Waals surface area contributed by atoms with E-state index in [9.17, 15) is 0 Å². The highest BCUT2D eigenvalue weighted by Crippen LogP contribution is 2.41. The molecule has 0 amide bonds. The maximum absolute atomic E-state index is 6.33. The van der Waals surface area contributed by atoms with Crippen LogP contribution in [0.2, 0.25) is 0 Å². The van der Waals surface area contributed by atoms with E-state index in [0.717, 1.165) is 25.6 Å². The van der Waals surface area contributed by atoms with Gasteiger partial charge in [-0.05, 0) is 44.4 Å². The summed E-state index contributed by atoms with van der Waals surface area (Å²) in [6.45, 7) is 5.21. The number of ether oxygens (including phenoxy) is 1. The first-order valence-electron chi connectivity index (χ1n) is 8.87. The average Bonchev–Trinajstić information content (AvgIpc) is 2.86. The Morgan fingerprint density at radius 1 is 1.15 bits per heavy atom. The fourth-order valence-corrected chi connectivity index (χ4v) is 4.99. The molecule has 0 aromatic rings. The van der Waals surface area contributed by atoms with E-state index in [1.807, 2.05) is 0 Å². The molecule has 4 atom stereocenters. The summed E-state index contributed by atoms with van der Waals surface area (Å²) in [7, 11) is 0. The van der Waals surface area contributed by atoms with E-state index in [-0.39, 0.29) is 5.54 Å². The third-order valence-corrected chi connectivity index (χ3v) is 6.32.